The molecule has 0 spiro atoms. The number of aliphatic hydroxyl groups excluding tert-OH is 1. The number of aromatic hydroxyl groups is 1. The molecule has 1 heterocycles. The fraction of sp³-hybridized carbons (Fsp3) is 0.688. The molecule has 0 saturated heterocycles. The Morgan fingerprint density at radius 1 is 0.867 bits per heavy atom. The zero-order chi connectivity index (χ0) is 33.5. The first-order valence-corrected chi connectivity index (χ1v) is 16.1. The van der Waals surface area contributed by atoms with Crippen LogP contribution in [0.5, 0.6) is 6.01 Å². The minimum atomic E-state index is -0.892. The molecule has 0 unspecified atom stereocenters. The van der Waals surface area contributed by atoms with Crippen LogP contribution in [0.15, 0.2) is 12.4 Å². The maximum absolute atomic E-state index is 13.3. The van der Waals surface area contributed by atoms with E-state index in [1.807, 2.05) is 13.8 Å². The van der Waals surface area contributed by atoms with E-state index in [9.17, 15) is 19.2 Å². The Balaban J connectivity index is 2.76. The van der Waals surface area contributed by atoms with Crippen molar-refractivity contribution in [1.29, 1.82) is 0 Å². The van der Waals surface area contributed by atoms with Crippen LogP contribution >= 0.6 is 0 Å². The molecule has 0 aliphatic rings. The van der Waals surface area contributed by atoms with Gasteiger partial charge < -0.3 is 36.4 Å². The summed E-state index contributed by atoms with van der Waals surface area (Å²) in [6.45, 7) is 10.1. The summed E-state index contributed by atoms with van der Waals surface area (Å²) in [6, 6.07) is -2.08. The smallest absolute Gasteiger partial charge is 0.313 e. The average Bonchev–Trinajstić information content (AvgIpc) is 3.01. The first kappa shape index (κ1) is 39.3. The highest BCUT2D eigenvalue weighted by molar-refractivity contribution is 5.93. The molecule has 1 rings (SSSR count). The van der Waals surface area contributed by atoms with Crippen LogP contribution in [0.25, 0.3) is 0 Å². The summed E-state index contributed by atoms with van der Waals surface area (Å²) in [5.74, 6) is 3.72. The summed E-state index contributed by atoms with van der Waals surface area (Å²) in [5, 5.41) is 28.4. The summed E-state index contributed by atoms with van der Waals surface area (Å²) in [4.78, 5) is 60.6. The summed E-state index contributed by atoms with van der Waals surface area (Å²) in [5.41, 5.74) is 0.548. The lowest BCUT2D eigenvalue weighted by Gasteiger charge is -2.26. The second kappa shape index (κ2) is 23.6. The molecular weight excluding hydrogens is 578 g/mol. The van der Waals surface area contributed by atoms with Crippen molar-refractivity contribution in [3.05, 3.63) is 18.0 Å². The van der Waals surface area contributed by atoms with Gasteiger partial charge in [-0.2, -0.15) is 0 Å². The van der Waals surface area contributed by atoms with Crippen LogP contribution in [-0.4, -0.2) is 93.7 Å². The summed E-state index contributed by atoms with van der Waals surface area (Å²) in [7, 11) is 0. The van der Waals surface area contributed by atoms with Crippen LogP contribution < -0.4 is 21.3 Å². The SMILES string of the molecule is CCCCN(CCCC)CCCC[C@H](NC(=O)[C@@H](NC(=O)CCCC#Cc1cnc(O)nc1)C(C)C)C(=O)NCC(=O)NCO. The zero-order valence-electron chi connectivity index (χ0n) is 27.4. The van der Waals surface area contributed by atoms with Gasteiger partial charge in [0.2, 0.25) is 23.6 Å². The summed E-state index contributed by atoms with van der Waals surface area (Å²) >= 11 is 0. The van der Waals surface area contributed by atoms with Gasteiger partial charge in [0.05, 0.1) is 12.1 Å². The number of hydrogen-bond acceptors (Lipinski definition) is 9. The molecule has 0 bridgehead atoms. The van der Waals surface area contributed by atoms with Crippen LogP contribution in [-0.2, 0) is 19.2 Å². The quantitative estimate of drug-likeness (QED) is 0.0628. The van der Waals surface area contributed by atoms with Gasteiger partial charge in [-0.05, 0) is 64.1 Å². The third-order valence-corrected chi connectivity index (χ3v) is 7.05. The van der Waals surface area contributed by atoms with E-state index in [1.165, 1.54) is 12.4 Å². The fourth-order valence-electron chi connectivity index (χ4n) is 4.42. The van der Waals surface area contributed by atoms with Crippen molar-refractivity contribution >= 4 is 23.6 Å². The Morgan fingerprint density at radius 2 is 1.51 bits per heavy atom. The van der Waals surface area contributed by atoms with E-state index in [4.69, 9.17) is 10.2 Å². The average molecular weight is 632 g/mol. The molecule has 0 aliphatic heterocycles. The lowest BCUT2D eigenvalue weighted by Crippen LogP contribution is -2.56. The molecule has 1 aromatic heterocycles. The van der Waals surface area contributed by atoms with Crippen LogP contribution in [0.2, 0.25) is 0 Å². The topological polar surface area (TPSA) is 186 Å². The molecule has 252 valence electrons. The zero-order valence-corrected chi connectivity index (χ0v) is 27.4. The van der Waals surface area contributed by atoms with E-state index in [1.54, 1.807) is 0 Å². The van der Waals surface area contributed by atoms with Gasteiger partial charge in [0.15, 0.2) is 0 Å². The van der Waals surface area contributed by atoms with E-state index in [-0.39, 0.29) is 30.8 Å². The number of amides is 4. The van der Waals surface area contributed by atoms with Crippen molar-refractivity contribution in [3.8, 4) is 17.9 Å². The van der Waals surface area contributed by atoms with Gasteiger partial charge in [-0.25, -0.2) is 9.97 Å². The van der Waals surface area contributed by atoms with Gasteiger partial charge in [-0.3, -0.25) is 19.2 Å². The third-order valence-electron chi connectivity index (χ3n) is 7.05. The Labute approximate surface area is 267 Å². The Bertz CT molecular complexity index is 1080. The number of unbranched alkanes of at least 4 members (excludes halogenated alkanes) is 4. The Kier molecular flexibility index (Phi) is 20.6. The van der Waals surface area contributed by atoms with Crippen molar-refractivity contribution in [2.24, 2.45) is 5.92 Å². The molecule has 0 radical (unpaired) electrons. The van der Waals surface area contributed by atoms with Crippen molar-refractivity contribution in [2.45, 2.75) is 104 Å². The van der Waals surface area contributed by atoms with Gasteiger partial charge in [0.1, 0.15) is 18.8 Å². The largest absolute Gasteiger partial charge is 0.479 e. The maximum Gasteiger partial charge on any atom is 0.313 e. The van der Waals surface area contributed by atoms with E-state index >= 15 is 0 Å². The minimum absolute atomic E-state index is 0.160. The highest BCUT2D eigenvalue weighted by Gasteiger charge is 2.28. The van der Waals surface area contributed by atoms with Crippen LogP contribution in [0.4, 0.5) is 0 Å². The van der Waals surface area contributed by atoms with E-state index < -0.39 is 36.5 Å². The summed E-state index contributed by atoms with van der Waals surface area (Å²) < 4.78 is 0. The number of carbonyl (C=O) groups excluding carboxylic acids is 4. The lowest BCUT2D eigenvalue weighted by atomic mass is 10.0. The van der Waals surface area contributed by atoms with Gasteiger partial charge in [0.25, 0.3) is 0 Å². The molecular formula is C32H53N7O6. The van der Waals surface area contributed by atoms with Crippen molar-refractivity contribution < 1.29 is 29.4 Å². The highest BCUT2D eigenvalue weighted by atomic mass is 16.3. The number of nitrogens with zero attached hydrogens (tertiary/aromatic N) is 3. The third kappa shape index (κ3) is 18.0. The predicted octanol–water partition coefficient (Wildman–Crippen LogP) is 1.58. The van der Waals surface area contributed by atoms with Crippen LogP contribution in [0.1, 0.15) is 97.5 Å². The molecule has 13 nitrogen and oxygen atoms in total. The molecule has 6 N–H and O–H groups in total. The minimum Gasteiger partial charge on any atom is -0.479 e. The van der Waals surface area contributed by atoms with Gasteiger partial charge >= 0.3 is 6.01 Å². The van der Waals surface area contributed by atoms with Crippen LogP contribution in [0.3, 0.4) is 0 Å². The number of carbonyl (C=O) groups is 4. The molecule has 0 saturated carbocycles. The number of aromatic nitrogens is 2. The summed E-state index contributed by atoms with van der Waals surface area (Å²) in [6.07, 6.45) is 10.3. The first-order valence-electron chi connectivity index (χ1n) is 16.1. The number of hydrogen-bond donors (Lipinski definition) is 6. The van der Waals surface area contributed by atoms with E-state index in [0.717, 1.165) is 51.7 Å². The van der Waals surface area contributed by atoms with Gasteiger partial charge in [-0.1, -0.05) is 52.4 Å². The molecule has 13 heteroatoms. The number of aliphatic hydroxyl groups is 1. The number of rotatable bonds is 22. The maximum atomic E-state index is 13.3. The van der Waals surface area contributed by atoms with Gasteiger partial charge in [-0.15, -0.1) is 0 Å². The molecule has 45 heavy (non-hydrogen) atoms. The van der Waals surface area contributed by atoms with Crippen molar-refractivity contribution in [1.82, 2.24) is 36.1 Å². The van der Waals surface area contributed by atoms with Crippen LogP contribution in [0, 0.1) is 17.8 Å². The first-order chi connectivity index (χ1) is 21.6. The van der Waals surface area contributed by atoms with Crippen molar-refractivity contribution in [3.63, 3.8) is 0 Å². The molecule has 1 aromatic rings. The Hall–Kier alpha value is -3.76. The second-order valence-corrected chi connectivity index (χ2v) is 11.3. The monoisotopic (exact) mass is 631 g/mol. The standard InChI is InChI=1S/C32H53N7O6/c1-5-7-17-39(18-8-6-2)19-13-12-15-26(30(43)33-22-28(42)36-23-40)37-31(44)29(24(3)4)38-27(41)16-11-9-10-14-25-20-34-32(45)35-21-25/h20-21,24,26,29,40H,5-9,11-13,15-19,22-23H2,1-4H3,(H,33,43)(H,36,42)(H,37,44)(H,38,41)(H,34,35,45)/t26-,29-/m0/s1. The predicted molar refractivity (Wildman–Crippen MR) is 171 cm³/mol. The molecule has 2 atom stereocenters. The fourth-order valence-corrected chi connectivity index (χ4v) is 4.42. The molecule has 4 amide bonds. The van der Waals surface area contributed by atoms with E-state index in [0.29, 0.717) is 31.2 Å². The highest BCUT2D eigenvalue weighted by Crippen LogP contribution is 2.09. The lowest BCUT2D eigenvalue weighted by molar-refractivity contribution is -0.133. The van der Waals surface area contributed by atoms with Gasteiger partial charge in [0, 0.05) is 25.2 Å². The van der Waals surface area contributed by atoms with E-state index in [2.05, 4.69) is 61.8 Å². The normalized spacial score (nSPS) is 12.2. The Morgan fingerprint density at radius 3 is 2.11 bits per heavy atom. The number of nitrogens with one attached hydrogen (secondary N) is 4. The molecule has 0 aliphatic carbocycles. The molecule has 0 fully saturated rings. The van der Waals surface area contributed by atoms with Crippen molar-refractivity contribution in [2.75, 3.05) is 32.9 Å². The second-order valence-electron chi connectivity index (χ2n) is 11.3. The molecule has 0 aromatic carbocycles.